The van der Waals surface area contributed by atoms with Crippen molar-refractivity contribution in [3.8, 4) is 0 Å². The fourth-order valence-electron chi connectivity index (χ4n) is 5.37. The molecule has 1 atom stereocenters. The van der Waals surface area contributed by atoms with Crippen LogP contribution in [0.25, 0.3) is 0 Å². The van der Waals surface area contributed by atoms with E-state index in [0.717, 1.165) is 25.8 Å². The van der Waals surface area contributed by atoms with Crippen LogP contribution < -0.4 is 0 Å². The number of hydrogen-bond acceptors (Lipinski definition) is 5. The number of sulfonamides is 2. The Morgan fingerprint density at radius 3 is 2.18 bits per heavy atom. The smallest absolute Gasteiger partial charge is 0.244 e. The van der Waals surface area contributed by atoms with Gasteiger partial charge in [-0.3, -0.25) is 0 Å². The molecule has 34 heavy (non-hydrogen) atoms. The Balaban J connectivity index is 1.24. The van der Waals surface area contributed by atoms with E-state index >= 15 is 0 Å². The van der Waals surface area contributed by atoms with Crippen molar-refractivity contribution in [1.29, 1.82) is 0 Å². The molecule has 1 aromatic carbocycles. The molecule has 7 nitrogen and oxygen atoms in total. The number of piperidine rings is 1. The lowest BCUT2D eigenvalue weighted by atomic mass is 9.94. The van der Waals surface area contributed by atoms with Crippen LogP contribution >= 0.6 is 23.2 Å². The van der Waals surface area contributed by atoms with Crippen LogP contribution in [0.5, 0.6) is 0 Å². The normalized spacial score (nSPS) is 24.2. The minimum Gasteiger partial charge on any atom is -0.303 e. The van der Waals surface area contributed by atoms with E-state index in [2.05, 4.69) is 4.90 Å². The van der Waals surface area contributed by atoms with Crippen LogP contribution in [0.2, 0.25) is 10.0 Å². The van der Waals surface area contributed by atoms with Crippen molar-refractivity contribution < 1.29 is 16.8 Å². The maximum absolute atomic E-state index is 13.0. The quantitative estimate of drug-likeness (QED) is 0.464. The average Bonchev–Trinajstić information content (AvgIpc) is 3.51. The number of benzene rings is 1. The van der Waals surface area contributed by atoms with E-state index in [-0.39, 0.29) is 26.6 Å². The second-order valence-electron chi connectivity index (χ2n) is 9.85. The monoisotopic (exact) mass is 551 g/mol. The fraction of sp³-hybridized carbons (Fsp3) is 0.739. The lowest BCUT2D eigenvalue weighted by molar-refractivity contribution is 0.231. The van der Waals surface area contributed by atoms with Gasteiger partial charge in [-0.15, -0.1) is 0 Å². The highest BCUT2D eigenvalue weighted by Crippen LogP contribution is 2.34. The van der Waals surface area contributed by atoms with Gasteiger partial charge in [-0.25, -0.2) is 21.1 Å². The summed E-state index contributed by atoms with van der Waals surface area (Å²) in [6.07, 6.45) is 6.74. The van der Waals surface area contributed by atoms with Crippen LogP contribution in [-0.4, -0.2) is 81.9 Å². The van der Waals surface area contributed by atoms with Gasteiger partial charge in [0, 0.05) is 26.2 Å². The van der Waals surface area contributed by atoms with Crippen molar-refractivity contribution in [2.24, 2.45) is 11.8 Å². The van der Waals surface area contributed by atoms with Gasteiger partial charge in [-0.1, -0.05) is 29.3 Å². The predicted octanol–water partition coefficient (Wildman–Crippen LogP) is 3.92. The van der Waals surface area contributed by atoms with E-state index < -0.39 is 20.0 Å². The molecule has 0 saturated carbocycles. The molecule has 0 aromatic heterocycles. The molecule has 0 amide bonds. The second kappa shape index (κ2) is 11.3. The van der Waals surface area contributed by atoms with E-state index in [9.17, 15) is 16.8 Å². The van der Waals surface area contributed by atoms with Crippen molar-refractivity contribution in [2.75, 3.05) is 51.6 Å². The van der Waals surface area contributed by atoms with E-state index in [1.54, 1.807) is 16.4 Å². The topological polar surface area (TPSA) is 78.0 Å². The first kappa shape index (κ1) is 26.6. The fourth-order valence-corrected chi connectivity index (χ4v) is 9.29. The van der Waals surface area contributed by atoms with Gasteiger partial charge in [-0.2, -0.15) is 4.31 Å². The third-order valence-electron chi connectivity index (χ3n) is 7.59. The van der Waals surface area contributed by atoms with Crippen molar-refractivity contribution in [1.82, 2.24) is 13.5 Å². The van der Waals surface area contributed by atoms with Gasteiger partial charge in [0.15, 0.2) is 0 Å². The molecule has 3 aliphatic heterocycles. The zero-order chi connectivity index (χ0) is 24.3. The third-order valence-corrected chi connectivity index (χ3v) is 12.3. The first-order valence-electron chi connectivity index (χ1n) is 12.3. The van der Waals surface area contributed by atoms with Gasteiger partial charge in [0.1, 0.15) is 4.90 Å². The maximum Gasteiger partial charge on any atom is 0.244 e. The highest BCUT2D eigenvalue weighted by atomic mass is 35.5. The molecule has 0 radical (unpaired) electrons. The Hall–Kier alpha value is -0.420. The minimum absolute atomic E-state index is 0.00235. The van der Waals surface area contributed by atoms with Crippen LogP contribution in [0.4, 0.5) is 0 Å². The summed E-state index contributed by atoms with van der Waals surface area (Å²) in [5.41, 5.74) is 0. The van der Waals surface area contributed by atoms with Gasteiger partial charge in [0.05, 0.1) is 15.8 Å². The van der Waals surface area contributed by atoms with Crippen LogP contribution in [0.1, 0.15) is 44.9 Å². The molecule has 192 valence electrons. The predicted molar refractivity (Wildman–Crippen MR) is 136 cm³/mol. The minimum atomic E-state index is -3.76. The maximum atomic E-state index is 13.0. The first-order chi connectivity index (χ1) is 16.2. The van der Waals surface area contributed by atoms with Gasteiger partial charge >= 0.3 is 0 Å². The molecule has 0 aliphatic carbocycles. The number of halogens is 2. The highest BCUT2D eigenvalue weighted by Gasteiger charge is 2.35. The molecule has 3 aliphatic rings. The molecule has 3 fully saturated rings. The van der Waals surface area contributed by atoms with E-state index in [1.165, 1.54) is 36.3 Å². The van der Waals surface area contributed by atoms with Crippen LogP contribution in [0, 0.1) is 11.8 Å². The van der Waals surface area contributed by atoms with Crippen molar-refractivity contribution >= 4 is 43.2 Å². The number of hydrogen-bond donors (Lipinski definition) is 0. The Bertz CT molecular complexity index is 1050. The van der Waals surface area contributed by atoms with Crippen LogP contribution in [0.15, 0.2) is 23.1 Å². The summed E-state index contributed by atoms with van der Waals surface area (Å²) in [7, 11) is -7.09. The molecule has 3 heterocycles. The van der Waals surface area contributed by atoms with Crippen LogP contribution in [0.3, 0.4) is 0 Å². The Morgan fingerprint density at radius 1 is 0.824 bits per heavy atom. The lowest BCUT2D eigenvalue weighted by Gasteiger charge is -2.32. The van der Waals surface area contributed by atoms with Crippen molar-refractivity contribution in [3.05, 3.63) is 28.2 Å². The van der Waals surface area contributed by atoms with E-state index in [1.807, 2.05) is 0 Å². The summed E-state index contributed by atoms with van der Waals surface area (Å²) in [5.74, 6) is 0.696. The van der Waals surface area contributed by atoms with E-state index in [0.29, 0.717) is 44.9 Å². The van der Waals surface area contributed by atoms with Gasteiger partial charge < -0.3 is 4.90 Å². The molecule has 0 bridgehead atoms. The summed E-state index contributed by atoms with van der Waals surface area (Å²) in [5, 5.41) is 0.225. The zero-order valence-corrected chi connectivity index (χ0v) is 22.7. The van der Waals surface area contributed by atoms with Gasteiger partial charge in [0.2, 0.25) is 20.0 Å². The molecule has 4 rings (SSSR count). The average molecular weight is 553 g/mol. The zero-order valence-electron chi connectivity index (χ0n) is 19.5. The highest BCUT2D eigenvalue weighted by molar-refractivity contribution is 7.89. The van der Waals surface area contributed by atoms with Gasteiger partial charge in [0.25, 0.3) is 0 Å². The Labute approximate surface area is 214 Å². The molecule has 3 saturated heterocycles. The van der Waals surface area contributed by atoms with Crippen molar-refractivity contribution in [2.45, 2.75) is 49.8 Å². The molecular formula is C23H35Cl2N3O4S2. The SMILES string of the molecule is O=S(=O)(CCC1CCN(S(=O)(=O)c2cccc(Cl)c2Cl)C1)N1CCC(CCN2CCCC2)CC1. The van der Waals surface area contributed by atoms with E-state index in [4.69, 9.17) is 23.2 Å². The lowest BCUT2D eigenvalue weighted by Crippen LogP contribution is -2.40. The molecule has 1 aromatic rings. The summed E-state index contributed by atoms with van der Waals surface area (Å²) in [4.78, 5) is 2.52. The molecular weight excluding hydrogens is 517 g/mol. The Kier molecular flexibility index (Phi) is 8.87. The third kappa shape index (κ3) is 6.28. The second-order valence-corrected chi connectivity index (χ2v) is 14.6. The summed E-state index contributed by atoms with van der Waals surface area (Å²) >= 11 is 12.1. The van der Waals surface area contributed by atoms with Gasteiger partial charge in [-0.05, 0) is 88.5 Å². The number of nitrogens with zero attached hydrogens (tertiary/aromatic N) is 3. The Morgan fingerprint density at radius 2 is 1.47 bits per heavy atom. The largest absolute Gasteiger partial charge is 0.303 e. The first-order valence-corrected chi connectivity index (χ1v) is 16.1. The van der Waals surface area contributed by atoms with Crippen molar-refractivity contribution in [3.63, 3.8) is 0 Å². The molecule has 11 heteroatoms. The number of likely N-dealkylation sites (tertiary alicyclic amines) is 1. The summed E-state index contributed by atoms with van der Waals surface area (Å²) < 4.78 is 55.0. The molecule has 1 unspecified atom stereocenters. The summed E-state index contributed by atoms with van der Waals surface area (Å²) in [6.45, 7) is 5.42. The number of rotatable bonds is 9. The van der Waals surface area contributed by atoms with Crippen LogP contribution in [-0.2, 0) is 20.0 Å². The molecule has 0 spiro atoms. The molecule has 0 N–H and O–H groups in total. The standard InChI is InChI=1S/C23H35Cl2N3O4S2/c24-21-4-3-5-22(23(21)25)34(31,32)28-16-9-20(18-28)10-17-33(29,30)27-14-7-19(8-15-27)6-13-26-11-1-2-12-26/h3-5,19-20H,1-2,6-18H2. The summed E-state index contributed by atoms with van der Waals surface area (Å²) in [6, 6.07) is 4.57.